The zero-order valence-electron chi connectivity index (χ0n) is 11.4. The van der Waals surface area contributed by atoms with Gasteiger partial charge in [-0.15, -0.1) is 0 Å². The molecule has 0 spiro atoms. The fraction of sp³-hybridized carbons (Fsp3) is 0.188. The van der Waals surface area contributed by atoms with E-state index in [0.29, 0.717) is 22.8 Å². The van der Waals surface area contributed by atoms with E-state index in [-0.39, 0.29) is 12.5 Å². The summed E-state index contributed by atoms with van der Waals surface area (Å²) in [6.45, 7) is 3.39. The summed E-state index contributed by atoms with van der Waals surface area (Å²) in [7, 11) is 0. The molecule has 4 nitrogen and oxygen atoms in total. The van der Waals surface area contributed by atoms with Crippen molar-refractivity contribution in [2.75, 3.05) is 11.9 Å². The molecular formula is C16H15NO3. The van der Waals surface area contributed by atoms with Gasteiger partial charge in [-0.05, 0) is 44.2 Å². The van der Waals surface area contributed by atoms with Crippen LogP contribution < -0.4 is 5.32 Å². The van der Waals surface area contributed by atoms with Crippen LogP contribution in [0.15, 0.2) is 34.7 Å². The maximum Gasteiger partial charge on any atom is 0.259 e. The minimum atomic E-state index is -0.200. The Balaban J connectivity index is 2.10. The fourth-order valence-electron chi connectivity index (χ4n) is 1.83. The van der Waals surface area contributed by atoms with Crippen LogP contribution in [0.5, 0.6) is 0 Å². The lowest BCUT2D eigenvalue weighted by atomic mass is 10.2. The van der Waals surface area contributed by atoms with Crippen molar-refractivity contribution in [3.63, 3.8) is 0 Å². The summed E-state index contributed by atoms with van der Waals surface area (Å²) < 4.78 is 5.33. The van der Waals surface area contributed by atoms with Gasteiger partial charge in [-0.25, -0.2) is 0 Å². The van der Waals surface area contributed by atoms with Crippen LogP contribution in [0.1, 0.15) is 27.4 Å². The van der Waals surface area contributed by atoms with E-state index < -0.39 is 0 Å². The van der Waals surface area contributed by atoms with Crippen LogP contribution in [0.4, 0.5) is 5.69 Å². The molecule has 2 aromatic rings. The highest BCUT2D eigenvalue weighted by Gasteiger charge is 2.13. The average Bonchev–Trinajstić information content (AvgIpc) is 2.77. The van der Waals surface area contributed by atoms with E-state index in [2.05, 4.69) is 17.2 Å². The van der Waals surface area contributed by atoms with Crippen molar-refractivity contribution in [3.8, 4) is 11.8 Å². The van der Waals surface area contributed by atoms with Crippen molar-refractivity contribution in [3.05, 3.63) is 53.0 Å². The normalized spacial score (nSPS) is 9.75. The number of furan rings is 1. The molecule has 1 amide bonds. The van der Waals surface area contributed by atoms with Gasteiger partial charge in [0.2, 0.25) is 0 Å². The van der Waals surface area contributed by atoms with Crippen LogP contribution >= 0.6 is 0 Å². The van der Waals surface area contributed by atoms with Gasteiger partial charge in [0.25, 0.3) is 5.91 Å². The van der Waals surface area contributed by atoms with Gasteiger partial charge < -0.3 is 14.8 Å². The molecule has 0 saturated carbocycles. The SMILES string of the molecule is Cc1cc(C(=O)Nc2ccc(C#CCO)cc2)c(C)o1. The Bertz CT molecular complexity index is 672. The summed E-state index contributed by atoms with van der Waals surface area (Å²) in [6, 6.07) is 8.81. The molecule has 0 radical (unpaired) electrons. The van der Waals surface area contributed by atoms with Gasteiger partial charge >= 0.3 is 0 Å². The van der Waals surface area contributed by atoms with Gasteiger partial charge in [-0.3, -0.25) is 4.79 Å². The van der Waals surface area contributed by atoms with Crippen LogP contribution in [-0.2, 0) is 0 Å². The minimum absolute atomic E-state index is 0.169. The highest BCUT2D eigenvalue weighted by Crippen LogP contribution is 2.16. The third kappa shape index (κ3) is 3.28. The smallest absolute Gasteiger partial charge is 0.259 e. The molecule has 0 saturated heterocycles. The summed E-state index contributed by atoms with van der Waals surface area (Å²) in [6.07, 6.45) is 0. The van der Waals surface area contributed by atoms with E-state index in [1.54, 1.807) is 44.2 Å². The second kappa shape index (κ2) is 6.09. The van der Waals surface area contributed by atoms with Crippen LogP contribution in [0, 0.1) is 25.7 Å². The molecule has 1 aromatic carbocycles. The summed E-state index contributed by atoms with van der Waals surface area (Å²) in [5, 5.41) is 11.4. The number of carbonyl (C=O) groups is 1. The molecule has 0 atom stereocenters. The van der Waals surface area contributed by atoms with Gasteiger partial charge in [0.15, 0.2) is 0 Å². The van der Waals surface area contributed by atoms with E-state index in [4.69, 9.17) is 9.52 Å². The zero-order valence-corrected chi connectivity index (χ0v) is 11.4. The third-order valence-electron chi connectivity index (χ3n) is 2.74. The summed E-state index contributed by atoms with van der Waals surface area (Å²) in [4.78, 5) is 12.1. The molecule has 0 bridgehead atoms. The predicted molar refractivity (Wildman–Crippen MR) is 76.5 cm³/mol. The first-order chi connectivity index (χ1) is 9.60. The first-order valence-corrected chi connectivity index (χ1v) is 6.18. The van der Waals surface area contributed by atoms with Crippen molar-refractivity contribution in [2.24, 2.45) is 0 Å². The molecule has 1 heterocycles. The minimum Gasteiger partial charge on any atom is -0.466 e. The van der Waals surface area contributed by atoms with E-state index in [9.17, 15) is 4.79 Å². The molecule has 2 rings (SSSR count). The van der Waals surface area contributed by atoms with Crippen LogP contribution in [-0.4, -0.2) is 17.6 Å². The van der Waals surface area contributed by atoms with Crippen LogP contribution in [0.3, 0.4) is 0 Å². The summed E-state index contributed by atoms with van der Waals surface area (Å²) >= 11 is 0. The number of aryl methyl sites for hydroxylation is 2. The van der Waals surface area contributed by atoms with Gasteiger partial charge in [-0.2, -0.15) is 0 Å². The Kier molecular flexibility index (Phi) is 4.24. The maximum absolute atomic E-state index is 12.1. The maximum atomic E-state index is 12.1. The highest BCUT2D eigenvalue weighted by atomic mass is 16.3. The molecule has 0 fully saturated rings. The molecule has 0 aliphatic heterocycles. The van der Waals surface area contributed by atoms with Crippen molar-refractivity contribution in [1.29, 1.82) is 0 Å². The Hall–Kier alpha value is -2.51. The topological polar surface area (TPSA) is 62.5 Å². The van der Waals surface area contributed by atoms with Crippen LogP contribution in [0.2, 0.25) is 0 Å². The first-order valence-electron chi connectivity index (χ1n) is 6.18. The van der Waals surface area contributed by atoms with E-state index in [1.807, 2.05) is 0 Å². The molecule has 0 unspecified atom stereocenters. The number of nitrogens with one attached hydrogen (secondary N) is 1. The number of carbonyl (C=O) groups excluding carboxylic acids is 1. The number of hydrogen-bond donors (Lipinski definition) is 2. The van der Waals surface area contributed by atoms with Crippen molar-refractivity contribution in [1.82, 2.24) is 0 Å². The molecule has 4 heteroatoms. The molecule has 102 valence electrons. The third-order valence-corrected chi connectivity index (χ3v) is 2.74. The first kappa shape index (κ1) is 13.9. The lowest BCUT2D eigenvalue weighted by Gasteiger charge is -2.04. The number of rotatable bonds is 2. The highest BCUT2D eigenvalue weighted by molar-refractivity contribution is 6.05. The lowest BCUT2D eigenvalue weighted by molar-refractivity contribution is 0.102. The summed E-state index contributed by atoms with van der Waals surface area (Å²) in [5.74, 6) is 6.47. The Morgan fingerprint density at radius 3 is 2.55 bits per heavy atom. The van der Waals surface area contributed by atoms with E-state index >= 15 is 0 Å². The fourth-order valence-corrected chi connectivity index (χ4v) is 1.83. The molecule has 0 aliphatic carbocycles. The molecule has 0 aliphatic rings. The number of benzene rings is 1. The number of anilines is 1. The van der Waals surface area contributed by atoms with E-state index in [1.165, 1.54) is 0 Å². The monoisotopic (exact) mass is 269 g/mol. The van der Waals surface area contributed by atoms with Gasteiger partial charge in [0, 0.05) is 11.3 Å². The van der Waals surface area contributed by atoms with E-state index in [0.717, 1.165) is 5.56 Å². The largest absolute Gasteiger partial charge is 0.466 e. The van der Waals surface area contributed by atoms with Crippen molar-refractivity contribution in [2.45, 2.75) is 13.8 Å². The second-order valence-electron chi connectivity index (χ2n) is 4.32. The number of amides is 1. The van der Waals surface area contributed by atoms with Gasteiger partial charge in [-0.1, -0.05) is 11.8 Å². The number of aliphatic hydroxyl groups excluding tert-OH is 1. The van der Waals surface area contributed by atoms with Crippen molar-refractivity contribution >= 4 is 11.6 Å². The van der Waals surface area contributed by atoms with Gasteiger partial charge in [0.1, 0.15) is 18.1 Å². The van der Waals surface area contributed by atoms with Crippen molar-refractivity contribution < 1.29 is 14.3 Å². The Labute approximate surface area is 117 Å². The standard InChI is InChI=1S/C16H15NO3/c1-11-10-15(12(2)20-11)16(19)17-14-7-5-13(6-8-14)4-3-9-18/h5-8,10,18H,9H2,1-2H3,(H,17,19). The molecule has 20 heavy (non-hydrogen) atoms. The molecule has 2 N–H and O–H groups in total. The Morgan fingerprint density at radius 1 is 1.30 bits per heavy atom. The summed E-state index contributed by atoms with van der Waals surface area (Å²) in [5.41, 5.74) is 2.00. The van der Waals surface area contributed by atoms with Crippen LogP contribution in [0.25, 0.3) is 0 Å². The number of aliphatic hydroxyl groups is 1. The van der Waals surface area contributed by atoms with Gasteiger partial charge in [0.05, 0.1) is 5.56 Å². The number of hydrogen-bond acceptors (Lipinski definition) is 3. The quantitative estimate of drug-likeness (QED) is 0.823. The second-order valence-corrected chi connectivity index (χ2v) is 4.32. The Morgan fingerprint density at radius 2 is 2.00 bits per heavy atom. The predicted octanol–water partition coefficient (Wildman–Crippen LogP) is 2.49. The lowest BCUT2D eigenvalue weighted by Crippen LogP contribution is -2.11. The zero-order chi connectivity index (χ0) is 14.5. The molecular weight excluding hydrogens is 254 g/mol. The molecule has 1 aromatic heterocycles. The average molecular weight is 269 g/mol.